The maximum atomic E-state index is 12.2. The Kier molecular flexibility index (Phi) is 5.68. The Morgan fingerprint density at radius 2 is 2.00 bits per heavy atom. The molecule has 2 aromatic heterocycles. The number of hydrogen-bond acceptors (Lipinski definition) is 5. The number of carbonyl (C=O) groups is 1. The summed E-state index contributed by atoms with van der Waals surface area (Å²) >= 11 is 1.28. The topological polar surface area (TPSA) is 72.7 Å². The van der Waals surface area contributed by atoms with Gasteiger partial charge in [0, 0.05) is 18.5 Å². The Balaban J connectivity index is 1.72. The lowest BCUT2D eigenvalue weighted by Crippen LogP contribution is -2.35. The van der Waals surface area contributed by atoms with E-state index in [1.807, 2.05) is 35.9 Å². The third-order valence-corrected chi connectivity index (χ3v) is 4.92. The highest BCUT2D eigenvalue weighted by Crippen LogP contribution is 2.25. The minimum Gasteiger partial charge on any atom is -0.352 e. The second kappa shape index (κ2) is 8.14. The van der Waals surface area contributed by atoms with E-state index < -0.39 is 0 Å². The largest absolute Gasteiger partial charge is 0.352 e. The van der Waals surface area contributed by atoms with Crippen LogP contribution < -0.4 is 5.32 Å². The quantitative estimate of drug-likeness (QED) is 0.489. The van der Waals surface area contributed by atoms with Gasteiger partial charge in [0.15, 0.2) is 5.65 Å². The number of rotatable bonds is 8. The summed E-state index contributed by atoms with van der Waals surface area (Å²) in [6, 6.07) is 8.01. The van der Waals surface area contributed by atoms with Crippen LogP contribution >= 0.6 is 11.8 Å². The maximum absolute atomic E-state index is 12.2. The molecule has 6 nitrogen and oxygen atoms in total. The zero-order valence-electron chi connectivity index (χ0n) is 14.7. The highest BCUT2D eigenvalue weighted by Gasteiger charge is 2.14. The number of nitrogens with zero attached hydrogens (tertiary/aromatic N) is 4. The standard InChI is InChI=1S/C19H21N5OS/c1-4-8-13(9-5-2)20-16(25)12-26-19-21-18-17(22-23-19)14-10-6-7-11-15(14)24(18)3/h4-7,10-11,13H,1-2,8-9,12H2,3H3,(H,20,25). The van der Waals surface area contributed by atoms with Gasteiger partial charge in [0.1, 0.15) is 5.52 Å². The average Bonchev–Trinajstić information content (AvgIpc) is 2.93. The van der Waals surface area contributed by atoms with E-state index in [2.05, 4.69) is 33.7 Å². The number of thioether (sulfide) groups is 1. The molecule has 2 heterocycles. The van der Waals surface area contributed by atoms with Gasteiger partial charge in [-0.15, -0.1) is 23.4 Å². The summed E-state index contributed by atoms with van der Waals surface area (Å²) in [7, 11) is 1.95. The zero-order valence-corrected chi connectivity index (χ0v) is 15.5. The molecule has 0 saturated carbocycles. The van der Waals surface area contributed by atoms with E-state index in [-0.39, 0.29) is 17.7 Å². The van der Waals surface area contributed by atoms with Crippen LogP contribution in [0.15, 0.2) is 54.7 Å². The van der Waals surface area contributed by atoms with E-state index in [0.29, 0.717) is 18.0 Å². The van der Waals surface area contributed by atoms with Gasteiger partial charge in [-0.05, 0) is 18.9 Å². The van der Waals surface area contributed by atoms with Crippen LogP contribution in [0.3, 0.4) is 0 Å². The molecule has 0 aliphatic rings. The van der Waals surface area contributed by atoms with Gasteiger partial charge in [-0.2, -0.15) is 0 Å². The summed E-state index contributed by atoms with van der Waals surface area (Å²) in [4.78, 5) is 16.7. The summed E-state index contributed by atoms with van der Waals surface area (Å²) in [5, 5.41) is 13.0. The lowest BCUT2D eigenvalue weighted by Gasteiger charge is -2.14. The molecule has 1 N–H and O–H groups in total. The van der Waals surface area contributed by atoms with Crippen molar-refractivity contribution < 1.29 is 4.79 Å². The average molecular weight is 367 g/mol. The zero-order chi connectivity index (χ0) is 18.5. The minimum absolute atomic E-state index is 0.0257. The monoisotopic (exact) mass is 367 g/mol. The van der Waals surface area contributed by atoms with E-state index in [9.17, 15) is 4.79 Å². The molecule has 0 unspecified atom stereocenters. The van der Waals surface area contributed by atoms with Crippen LogP contribution in [0.1, 0.15) is 12.8 Å². The van der Waals surface area contributed by atoms with Crippen LogP contribution in [0.5, 0.6) is 0 Å². The number of amides is 1. The number of para-hydroxylation sites is 1. The summed E-state index contributed by atoms with van der Waals surface area (Å²) in [6.45, 7) is 7.43. The third-order valence-electron chi connectivity index (χ3n) is 4.09. The number of fused-ring (bicyclic) bond motifs is 3. The molecule has 0 spiro atoms. The number of hydrogen-bond donors (Lipinski definition) is 1. The summed E-state index contributed by atoms with van der Waals surface area (Å²) < 4.78 is 1.99. The van der Waals surface area contributed by atoms with Crippen molar-refractivity contribution in [2.75, 3.05) is 5.75 Å². The molecule has 1 amide bonds. The molecule has 0 aliphatic heterocycles. The lowest BCUT2D eigenvalue weighted by molar-refractivity contribution is -0.119. The Labute approximate surface area is 156 Å². The van der Waals surface area contributed by atoms with Crippen molar-refractivity contribution >= 4 is 39.7 Å². The Morgan fingerprint density at radius 3 is 2.73 bits per heavy atom. The number of aromatic nitrogens is 4. The Bertz CT molecular complexity index is 955. The van der Waals surface area contributed by atoms with Gasteiger partial charge in [-0.25, -0.2) is 4.98 Å². The van der Waals surface area contributed by atoms with E-state index in [1.54, 1.807) is 12.2 Å². The van der Waals surface area contributed by atoms with Gasteiger partial charge in [0.25, 0.3) is 0 Å². The van der Waals surface area contributed by atoms with Crippen molar-refractivity contribution in [3.8, 4) is 0 Å². The van der Waals surface area contributed by atoms with Crippen LogP contribution in [-0.2, 0) is 11.8 Å². The molecular weight excluding hydrogens is 346 g/mol. The maximum Gasteiger partial charge on any atom is 0.230 e. The number of carbonyl (C=O) groups excluding carboxylic acids is 1. The first-order chi connectivity index (χ1) is 12.6. The molecule has 134 valence electrons. The van der Waals surface area contributed by atoms with Gasteiger partial charge >= 0.3 is 0 Å². The van der Waals surface area contributed by atoms with Crippen LogP contribution in [-0.4, -0.2) is 37.5 Å². The molecule has 0 atom stereocenters. The normalized spacial score (nSPS) is 11.2. The van der Waals surface area contributed by atoms with E-state index in [0.717, 1.165) is 22.1 Å². The fourth-order valence-electron chi connectivity index (χ4n) is 2.87. The van der Waals surface area contributed by atoms with Crippen molar-refractivity contribution in [3.05, 3.63) is 49.6 Å². The molecule has 1 aromatic carbocycles. The van der Waals surface area contributed by atoms with E-state index in [4.69, 9.17) is 0 Å². The first-order valence-corrected chi connectivity index (χ1v) is 9.34. The molecular formula is C19H21N5OS. The predicted octanol–water partition coefficient (Wildman–Crippen LogP) is 3.25. The van der Waals surface area contributed by atoms with Crippen LogP contribution in [0.4, 0.5) is 0 Å². The van der Waals surface area contributed by atoms with Gasteiger partial charge in [0.2, 0.25) is 11.1 Å². The van der Waals surface area contributed by atoms with Crippen molar-refractivity contribution in [3.63, 3.8) is 0 Å². The third kappa shape index (κ3) is 3.77. The second-order valence-electron chi connectivity index (χ2n) is 5.94. The van der Waals surface area contributed by atoms with Crippen molar-refractivity contribution in [1.82, 2.24) is 25.1 Å². The molecule has 0 radical (unpaired) electrons. The van der Waals surface area contributed by atoms with E-state index in [1.165, 1.54) is 11.8 Å². The van der Waals surface area contributed by atoms with Gasteiger partial charge in [-0.1, -0.05) is 42.1 Å². The SMILES string of the molecule is C=CCC(CC=C)NC(=O)CSc1nnc2c3ccccc3n(C)c2n1. The number of benzene rings is 1. The van der Waals surface area contributed by atoms with Crippen molar-refractivity contribution in [1.29, 1.82) is 0 Å². The fourth-order valence-corrected chi connectivity index (χ4v) is 3.46. The summed E-state index contributed by atoms with van der Waals surface area (Å²) in [5.41, 5.74) is 2.59. The molecule has 3 aromatic rings. The highest BCUT2D eigenvalue weighted by atomic mass is 32.2. The van der Waals surface area contributed by atoms with Gasteiger partial charge in [0.05, 0.1) is 11.3 Å². The number of nitrogens with one attached hydrogen (secondary N) is 1. The van der Waals surface area contributed by atoms with Crippen LogP contribution in [0, 0.1) is 0 Å². The fraction of sp³-hybridized carbons (Fsp3) is 0.263. The van der Waals surface area contributed by atoms with Crippen LogP contribution in [0.2, 0.25) is 0 Å². The molecule has 26 heavy (non-hydrogen) atoms. The summed E-state index contributed by atoms with van der Waals surface area (Å²) in [6.07, 6.45) is 5.01. The molecule has 3 rings (SSSR count). The lowest BCUT2D eigenvalue weighted by atomic mass is 10.1. The minimum atomic E-state index is -0.0653. The first kappa shape index (κ1) is 18.1. The second-order valence-corrected chi connectivity index (χ2v) is 6.89. The van der Waals surface area contributed by atoms with Crippen molar-refractivity contribution in [2.45, 2.75) is 24.0 Å². The smallest absolute Gasteiger partial charge is 0.230 e. The van der Waals surface area contributed by atoms with Crippen LogP contribution in [0.25, 0.3) is 22.1 Å². The Morgan fingerprint density at radius 1 is 1.27 bits per heavy atom. The summed E-state index contributed by atoms with van der Waals surface area (Å²) in [5.74, 6) is 0.173. The predicted molar refractivity (Wildman–Crippen MR) is 106 cm³/mol. The highest BCUT2D eigenvalue weighted by molar-refractivity contribution is 7.99. The molecule has 0 saturated heterocycles. The molecule has 0 bridgehead atoms. The molecule has 7 heteroatoms. The molecule has 0 fully saturated rings. The number of aryl methyl sites for hydroxylation is 1. The van der Waals surface area contributed by atoms with Gasteiger partial charge < -0.3 is 9.88 Å². The van der Waals surface area contributed by atoms with E-state index >= 15 is 0 Å². The van der Waals surface area contributed by atoms with Gasteiger partial charge in [-0.3, -0.25) is 4.79 Å². The Hall–Kier alpha value is -2.67. The van der Waals surface area contributed by atoms with Crippen molar-refractivity contribution in [2.24, 2.45) is 7.05 Å². The molecule has 0 aliphatic carbocycles. The first-order valence-electron chi connectivity index (χ1n) is 8.35.